The minimum Gasteiger partial charge on any atom is -0.496 e. The van der Waals surface area contributed by atoms with Crippen molar-refractivity contribution >= 4 is 0 Å². The molecule has 0 saturated heterocycles. The van der Waals surface area contributed by atoms with E-state index in [0.717, 1.165) is 0 Å². The average Bonchev–Trinajstić information content (AvgIpc) is 2.19. The van der Waals surface area contributed by atoms with E-state index in [1.807, 2.05) is 6.92 Å². The zero-order valence-electron chi connectivity index (χ0n) is 8.53. The van der Waals surface area contributed by atoms with Crippen molar-refractivity contribution in [2.24, 2.45) is 0 Å². The Balaban J connectivity index is 3.29. The van der Waals surface area contributed by atoms with Crippen molar-refractivity contribution in [1.29, 1.82) is 0 Å². The maximum absolute atomic E-state index is 11.1. The maximum Gasteiger partial charge on any atom is 0.339 e. The van der Waals surface area contributed by atoms with Crippen LogP contribution in [0.15, 0.2) is 15.3 Å². The number of aliphatic hydroxyl groups excluding tert-OH is 1. The van der Waals surface area contributed by atoms with Gasteiger partial charge in [-0.15, -0.1) is 0 Å². The van der Waals surface area contributed by atoms with E-state index in [9.17, 15) is 9.90 Å². The van der Waals surface area contributed by atoms with Crippen LogP contribution in [0.1, 0.15) is 30.8 Å². The molecule has 0 bridgehead atoms. The van der Waals surface area contributed by atoms with Gasteiger partial charge < -0.3 is 14.3 Å². The minimum absolute atomic E-state index is 0.289. The third-order valence-corrected chi connectivity index (χ3v) is 2.11. The molecule has 0 aromatic carbocycles. The van der Waals surface area contributed by atoms with E-state index in [2.05, 4.69) is 0 Å². The van der Waals surface area contributed by atoms with Gasteiger partial charge in [-0.1, -0.05) is 6.92 Å². The van der Waals surface area contributed by atoms with E-state index in [-0.39, 0.29) is 5.76 Å². The first-order valence-corrected chi connectivity index (χ1v) is 4.46. The second-order valence-electron chi connectivity index (χ2n) is 3.05. The molecule has 1 rings (SSSR count). The van der Waals surface area contributed by atoms with Crippen molar-refractivity contribution in [3.63, 3.8) is 0 Å². The molecule has 0 aliphatic carbocycles. The fraction of sp³-hybridized carbons (Fsp3) is 0.500. The SMILES string of the molecule is CCC(O)c1oc(=O)cc(OC)c1C. The second-order valence-corrected chi connectivity index (χ2v) is 3.05. The molecule has 0 aliphatic rings. The molecule has 1 atom stereocenters. The van der Waals surface area contributed by atoms with E-state index in [1.165, 1.54) is 13.2 Å². The summed E-state index contributed by atoms with van der Waals surface area (Å²) in [5.74, 6) is 0.737. The Bertz CT molecular complexity index is 367. The van der Waals surface area contributed by atoms with Crippen molar-refractivity contribution in [3.8, 4) is 5.75 Å². The van der Waals surface area contributed by atoms with Gasteiger partial charge in [-0.05, 0) is 13.3 Å². The highest BCUT2D eigenvalue weighted by atomic mass is 16.5. The van der Waals surface area contributed by atoms with Crippen molar-refractivity contribution in [2.75, 3.05) is 7.11 Å². The lowest BCUT2D eigenvalue weighted by Crippen LogP contribution is -2.08. The van der Waals surface area contributed by atoms with Crippen LogP contribution in [-0.2, 0) is 0 Å². The predicted molar refractivity (Wildman–Crippen MR) is 51.5 cm³/mol. The molecule has 0 radical (unpaired) electrons. The number of ether oxygens (including phenoxy) is 1. The van der Waals surface area contributed by atoms with Crippen LogP contribution in [0.2, 0.25) is 0 Å². The Labute approximate surface area is 82.1 Å². The minimum atomic E-state index is -0.752. The first kappa shape index (κ1) is 10.8. The number of rotatable bonds is 3. The first-order chi connectivity index (χ1) is 6.60. The van der Waals surface area contributed by atoms with E-state index in [0.29, 0.717) is 17.7 Å². The fourth-order valence-electron chi connectivity index (χ4n) is 1.27. The zero-order chi connectivity index (χ0) is 10.7. The normalized spacial score (nSPS) is 12.6. The molecule has 0 amide bonds. The molecule has 1 aromatic rings. The summed E-state index contributed by atoms with van der Waals surface area (Å²) in [6, 6.07) is 1.27. The molecule has 1 N–H and O–H groups in total. The molecular weight excluding hydrogens is 184 g/mol. The second kappa shape index (κ2) is 4.28. The summed E-state index contributed by atoms with van der Waals surface area (Å²) in [6.07, 6.45) is -0.255. The Kier molecular flexibility index (Phi) is 3.30. The number of aliphatic hydroxyl groups is 1. The van der Waals surface area contributed by atoms with Gasteiger partial charge in [0, 0.05) is 5.56 Å². The monoisotopic (exact) mass is 198 g/mol. The summed E-state index contributed by atoms with van der Waals surface area (Å²) >= 11 is 0. The van der Waals surface area contributed by atoms with Gasteiger partial charge in [0.1, 0.15) is 17.6 Å². The van der Waals surface area contributed by atoms with Gasteiger partial charge in [0.25, 0.3) is 0 Å². The lowest BCUT2D eigenvalue weighted by Gasteiger charge is -2.11. The van der Waals surface area contributed by atoms with Gasteiger partial charge in [0.05, 0.1) is 13.2 Å². The third kappa shape index (κ3) is 1.96. The third-order valence-electron chi connectivity index (χ3n) is 2.11. The number of hydrogen-bond donors (Lipinski definition) is 1. The molecule has 0 aliphatic heterocycles. The van der Waals surface area contributed by atoms with Gasteiger partial charge in [0.15, 0.2) is 0 Å². The van der Waals surface area contributed by atoms with Crippen LogP contribution in [0, 0.1) is 6.92 Å². The highest BCUT2D eigenvalue weighted by molar-refractivity contribution is 5.33. The molecule has 0 spiro atoms. The molecule has 0 fully saturated rings. The lowest BCUT2D eigenvalue weighted by molar-refractivity contribution is 0.139. The van der Waals surface area contributed by atoms with E-state index in [1.54, 1.807) is 6.92 Å². The highest BCUT2D eigenvalue weighted by Crippen LogP contribution is 2.25. The van der Waals surface area contributed by atoms with Crippen LogP contribution in [-0.4, -0.2) is 12.2 Å². The molecule has 4 heteroatoms. The van der Waals surface area contributed by atoms with E-state index < -0.39 is 11.7 Å². The quantitative estimate of drug-likeness (QED) is 0.797. The molecule has 1 unspecified atom stereocenters. The molecule has 4 nitrogen and oxygen atoms in total. The average molecular weight is 198 g/mol. The van der Waals surface area contributed by atoms with Gasteiger partial charge >= 0.3 is 5.63 Å². The largest absolute Gasteiger partial charge is 0.496 e. The Hall–Kier alpha value is -1.29. The molecular formula is C10H14O4. The smallest absolute Gasteiger partial charge is 0.339 e. The molecule has 78 valence electrons. The van der Waals surface area contributed by atoms with Crippen molar-refractivity contribution in [3.05, 3.63) is 27.8 Å². The Morgan fingerprint density at radius 1 is 1.64 bits per heavy atom. The Morgan fingerprint density at radius 3 is 2.79 bits per heavy atom. The molecule has 0 saturated carbocycles. The topological polar surface area (TPSA) is 59.7 Å². The summed E-state index contributed by atoms with van der Waals surface area (Å²) in [5.41, 5.74) is 0.163. The summed E-state index contributed by atoms with van der Waals surface area (Å²) in [4.78, 5) is 11.1. The maximum atomic E-state index is 11.1. The van der Waals surface area contributed by atoms with Crippen molar-refractivity contribution < 1.29 is 14.3 Å². The van der Waals surface area contributed by atoms with Crippen molar-refractivity contribution in [2.45, 2.75) is 26.4 Å². The molecule has 1 heterocycles. The van der Waals surface area contributed by atoms with Crippen LogP contribution in [0.25, 0.3) is 0 Å². The number of hydrogen-bond acceptors (Lipinski definition) is 4. The van der Waals surface area contributed by atoms with Gasteiger partial charge in [-0.2, -0.15) is 0 Å². The Morgan fingerprint density at radius 2 is 2.29 bits per heavy atom. The summed E-state index contributed by atoms with van der Waals surface area (Å²) in [5, 5.41) is 9.57. The zero-order valence-corrected chi connectivity index (χ0v) is 8.53. The highest BCUT2D eigenvalue weighted by Gasteiger charge is 2.15. The lowest BCUT2D eigenvalue weighted by atomic mass is 10.1. The van der Waals surface area contributed by atoms with Crippen LogP contribution < -0.4 is 10.4 Å². The fourth-order valence-corrected chi connectivity index (χ4v) is 1.27. The van der Waals surface area contributed by atoms with E-state index in [4.69, 9.17) is 9.15 Å². The van der Waals surface area contributed by atoms with Gasteiger partial charge in [-0.25, -0.2) is 4.79 Å². The molecule has 1 aromatic heterocycles. The van der Waals surface area contributed by atoms with Crippen LogP contribution in [0.4, 0.5) is 0 Å². The van der Waals surface area contributed by atoms with Crippen LogP contribution in [0.3, 0.4) is 0 Å². The summed E-state index contributed by atoms with van der Waals surface area (Å²) < 4.78 is 9.91. The predicted octanol–water partition coefficient (Wildman–Crippen LogP) is 1.40. The van der Waals surface area contributed by atoms with Crippen molar-refractivity contribution in [1.82, 2.24) is 0 Å². The summed E-state index contributed by atoms with van der Waals surface area (Å²) in [7, 11) is 1.48. The first-order valence-electron chi connectivity index (χ1n) is 4.46. The van der Waals surface area contributed by atoms with Crippen LogP contribution in [0.5, 0.6) is 5.75 Å². The summed E-state index contributed by atoms with van der Waals surface area (Å²) in [6.45, 7) is 3.56. The van der Waals surface area contributed by atoms with Crippen LogP contribution >= 0.6 is 0 Å². The molecule has 14 heavy (non-hydrogen) atoms. The van der Waals surface area contributed by atoms with E-state index >= 15 is 0 Å². The number of methoxy groups -OCH3 is 1. The van der Waals surface area contributed by atoms with Gasteiger partial charge in [-0.3, -0.25) is 0 Å². The van der Waals surface area contributed by atoms with Gasteiger partial charge in [0.2, 0.25) is 0 Å². The standard InChI is InChI=1S/C10H14O4/c1-4-7(11)10-6(2)8(13-3)5-9(12)14-10/h5,7,11H,4H2,1-3H3.